The van der Waals surface area contributed by atoms with Gasteiger partial charge in [0.1, 0.15) is 5.69 Å². The minimum absolute atomic E-state index is 0.00937. The number of hydrogen-bond donors (Lipinski definition) is 1. The monoisotopic (exact) mass is 324 g/mol. The number of anilines is 2. The van der Waals surface area contributed by atoms with Crippen LogP contribution in [-0.4, -0.2) is 48.0 Å². The molecule has 0 spiro atoms. The molecule has 1 aliphatic rings. The van der Waals surface area contributed by atoms with Gasteiger partial charge in [-0.25, -0.2) is 0 Å². The van der Waals surface area contributed by atoms with Crippen LogP contribution in [0.25, 0.3) is 0 Å². The second kappa shape index (κ2) is 7.34. The molecule has 3 rings (SSSR count). The van der Waals surface area contributed by atoms with Gasteiger partial charge in [0, 0.05) is 49.8 Å². The number of nitrogens with zero attached hydrogens (tertiary/aromatic N) is 3. The molecule has 1 aromatic carbocycles. The maximum Gasteiger partial charge on any atom is 0.272 e. The van der Waals surface area contributed by atoms with E-state index < -0.39 is 0 Å². The van der Waals surface area contributed by atoms with E-state index >= 15 is 0 Å². The van der Waals surface area contributed by atoms with Crippen LogP contribution in [0.15, 0.2) is 48.7 Å². The number of aromatic nitrogens is 1. The summed E-state index contributed by atoms with van der Waals surface area (Å²) >= 11 is 0. The number of hydrogen-bond acceptors (Lipinski definition) is 4. The molecule has 2 aromatic rings. The Bertz CT molecular complexity index is 679. The van der Waals surface area contributed by atoms with Crippen molar-refractivity contribution in [2.75, 3.05) is 36.4 Å². The normalized spacial score (nSPS) is 14.8. The van der Waals surface area contributed by atoms with Crippen molar-refractivity contribution in [3.63, 3.8) is 0 Å². The van der Waals surface area contributed by atoms with Crippen molar-refractivity contribution in [2.45, 2.75) is 19.9 Å². The van der Waals surface area contributed by atoms with Crippen molar-refractivity contribution in [2.24, 2.45) is 0 Å². The van der Waals surface area contributed by atoms with Crippen molar-refractivity contribution in [1.82, 2.24) is 9.88 Å². The van der Waals surface area contributed by atoms with Gasteiger partial charge in [0.2, 0.25) is 0 Å². The average Bonchev–Trinajstić information content (AvgIpc) is 2.62. The Balaban J connectivity index is 1.63. The highest BCUT2D eigenvalue weighted by Gasteiger charge is 2.23. The van der Waals surface area contributed by atoms with Gasteiger partial charge in [-0.3, -0.25) is 9.78 Å². The van der Waals surface area contributed by atoms with Crippen LogP contribution in [0.1, 0.15) is 24.3 Å². The van der Waals surface area contributed by atoms with Gasteiger partial charge < -0.3 is 15.1 Å². The number of para-hydroxylation sites is 1. The Labute approximate surface area is 143 Å². The highest BCUT2D eigenvalue weighted by atomic mass is 16.2. The average molecular weight is 324 g/mol. The SMILES string of the molecule is CC(C)Nc1ccnc(C(=O)N2CCN(c3ccccc3)CC2)c1. The van der Waals surface area contributed by atoms with Crippen molar-refractivity contribution < 1.29 is 4.79 Å². The van der Waals surface area contributed by atoms with Gasteiger partial charge in [-0.2, -0.15) is 0 Å². The second-order valence-corrected chi connectivity index (χ2v) is 6.34. The fourth-order valence-corrected chi connectivity index (χ4v) is 2.94. The number of pyridine rings is 1. The molecule has 2 heterocycles. The first-order valence-electron chi connectivity index (χ1n) is 8.45. The Morgan fingerprint density at radius 1 is 1.08 bits per heavy atom. The first kappa shape index (κ1) is 16.3. The number of benzene rings is 1. The summed E-state index contributed by atoms with van der Waals surface area (Å²) in [5.41, 5.74) is 2.66. The van der Waals surface area contributed by atoms with E-state index in [9.17, 15) is 4.79 Å². The molecule has 0 saturated carbocycles. The van der Waals surface area contributed by atoms with Crippen LogP contribution in [0.5, 0.6) is 0 Å². The molecule has 0 aliphatic carbocycles. The fraction of sp³-hybridized carbons (Fsp3) is 0.368. The topological polar surface area (TPSA) is 48.5 Å². The Morgan fingerprint density at radius 2 is 1.79 bits per heavy atom. The lowest BCUT2D eigenvalue weighted by molar-refractivity contribution is 0.0741. The van der Waals surface area contributed by atoms with Gasteiger partial charge in [0.25, 0.3) is 5.91 Å². The molecule has 1 aliphatic heterocycles. The van der Waals surface area contributed by atoms with Gasteiger partial charge in [-0.05, 0) is 38.1 Å². The van der Waals surface area contributed by atoms with Crippen molar-refractivity contribution in [3.05, 3.63) is 54.4 Å². The minimum atomic E-state index is 0.00937. The second-order valence-electron chi connectivity index (χ2n) is 6.34. The number of piperazine rings is 1. The molecule has 0 bridgehead atoms. The van der Waals surface area contributed by atoms with E-state index in [0.717, 1.165) is 31.9 Å². The largest absolute Gasteiger partial charge is 0.383 e. The predicted octanol–water partition coefficient (Wildman–Crippen LogP) is 2.86. The molecular formula is C19H24N4O. The predicted molar refractivity (Wildman–Crippen MR) is 97.6 cm³/mol. The highest BCUT2D eigenvalue weighted by molar-refractivity contribution is 5.93. The first-order chi connectivity index (χ1) is 11.6. The summed E-state index contributed by atoms with van der Waals surface area (Å²) in [6.07, 6.45) is 1.69. The van der Waals surface area contributed by atoms with E-state index in [2.05, 4.69) is 41.2 Å². The van der Waals surface area contributed by atoms with Crippen LogP contribution in [0.3, 0.4) is 0 Å². The summed E-state index contributed by atoms with van der Waals surface area (Å²) in [7, 11) is 0. The summed E-state index contributed by atoms with van der Waals surface area (Å²) in [5, 5.41) is 3.31. The third-order valence-electron chi connectivity index (χ3n) is 4.12. The van der Waals surface area contributed by atoms with Crippen LogP contribution in [-0.2, 0) is 0 Å². The van der Waals surface area contributed by atoms with Crippen LogP contribution >= 0.6 is 0 Å². The van der Waals surface area contributed by atoms with E-state index in [1.165, 1.54) is 5.69 Å². The zero-order valence-corrected chi connectivity index (χ0v) is 14.3. The lowest BCUT2D eigenvalue weighted by atomic mass is 10.2. The van der Waals surface area contributed by atoms with Crippen molar-refractivity contribution in [1.29, 1.82) is 0 Å². The molecular weight excluding hydrogens is 300 g/mol. The standard InChI is InChI=1S/C19H24N4O/c1-15(2)21-16-8-9-20-18(14-16)19(24)23-12-10-22(11-13-23)17-6-4-3-5-7-17/h3-9,14-15H,10-13H2,1-2H3,(H,20,21). The molecule has 0 atom stereocenters. The Hall–Kier alpha value is -2.56. The summed E-state index contributed by atoms with van der Waals surface area (Å²) in [6.45, 7) is 7.28. The van der Waals surface area contributed by atoms with Gasteiger partial charge in [-0.1, -0.05) is 18.2 Å². The zero-order chi connectivity index (χ0) is 16.9. The number of nitrogens with one attached hydrogen (secondary N) is 1. The summed E-state index contributed by atoms with van der Waals surface area (Å²) in [4.78, 5) is 21.2. The van der Waals surface area contributed by atoms with Gasteiger partial charge in [0.15, 0.2) is 0 Å². The summed E-state index contributed by atoms with van der Waals surface area (Å²) in [6, 6.07) is 14.4. The first-order valence-corrected chi connectivity index (χ1v) is 8.45. The molecule has 1 saturated heterocycles. The highest BCUT2D eigenvalue weighted by Crippen LogP contribution is 2.17. The molecule has 5 heteroatoms. The molecule has 1 aromatic heterocycles. The van der Waals surface area contributed by atoms with E-state index in [4.69, 9.17) is 0 Å². The van der Waals surface area contributed by atoms with E-state index in [0.29, 0.717) is 11.7 Å². The number of carbonyl (C=O) groups excluding carboxylic acids is 1. The number of carbonyl (C=O) groups is 1. The van der Waals surface area contributed by atoms with Gasteiger partial charge in [0.05, 0.1) is 0 Å². The van der Waals surface area contributed by atoms with E-state index in [-0.39, 0.29) is 5.91 Å². The third kappa shape index (κ3) is 3.85. The van der Waals surface area contributed by atoms with Gasteiger partial charge in [-0.15, -0.1) is 0 Å². The van der Waals surface area contributed by atoms with Crippen LogP contribution in [0.4, 0.5) is 11.4 Å². The summed E-state index contributed by atoms with van der Waals surface area (Å²) < 4.78 is 0. The lowest BCUT2D eigenvalue weighted by Crippen LogP contribution is -2.49. The summed E-state index contributed by atoms with van der Waals surface area (Å²) in [5.74, 6) is 0.00937. The maximum atomic E-state index is 12.7. The maximum absolute atomic E-state index is 12.7. The molecule has 24 heavy (non-hydrogen) atoms. The molecule has 0 unspecified atom stereocenters. The van der Waals surface area contributed by atoms with E-state index in [1.807, 2.05) is 35.2 Å². The molecule has 1 fully saturated rings. The smallest absolute Gasteiger partial charge is 0.272 e. The molecule has 126 valence electrons. The number of rotatable bonds is 4. The molecule has 1 amide bonds. The van der Waals surface area contributed by atoms with Crippen molar-refractivity contribution >= 4 is 17.3 Å². The quantitative estimate of drug-likeness (QED) is 0.939. The molecule has 5 nitrogen and oxygen atoms in total. The van der Waals surface area contributed by atoms with Crippen LogP contribution < -0.4 is 10.2 Å². The lowest BCUT2D eigenvalue weighted by Gasteiger charge is -2.36. The fourth-order valence-electron chi connectivity index (χ4n) is 2.94. The zero-order valence-electron chi connectivity index (χ0n) is 14.3. The molecule has 1 N–H and O–H groups in total. The van der Waals surface area contributed by atoms with Crippen LogP contribution in [0, 0.1) is 0 Å². The minimum Gasteiger partial charge on any atom is -0.383 e. The molecule has 0 radical (unpaired) electrons. The van der Waals surface area contributed by atoms with Gasteiger partial charge >= 0.3 is 0 Å². The van der Waals surface area contributed by atoms with E-state index in [1.54, 1.807) is 6.20 Å². The number of amides is 1. The third-order valence-corrected chi connectivity index (χ3v) is 4.12. The van der Waals surface area contributed by atoms with Crippen LogP contribution in [0.2, 0.25) is 0 Å². The Morgan fingerprint density at radius 3 is 2.46 bits per heavy atom. The Kier molecular flexibility index (Phi) is 4.99. The van der Waals surface area contributed by atoms with Crippen molar-refractivity contribution in [3.8, 4) is 0 Å².